The summed E-state index contributed by atoms with van der Waals surface area (Å²) in [6, 6.07) is 5.61. The van der Waals surface area contributed by atoms with Crippen molar-refractivity contribution in [3.05, 3.63) is 82.9 Å². The molecule has 1 fully saturated rings. The van der Waals surface area contributed by atoms with E-state index in [4.69, 9.17) is 4.74 Å². The van der Waals surface area contributed by atoms with E-state index in [1.54, 1.807) is 0 Å². The SMILES string of the molecule is C=C(O[C@H](C)c1cc(C(F)(F)F)cc(C(F)(F)F)c1)[C@]1(c2ccc(F)cc2)NC(=O)C[C@H]1O. The summed E-state index contributed by atoms with van der Waals surface area (Å²) in [7, 11) is 0. The Morgan fingerprint density at radius 2 is 1.61 bits per heavy atom. The first-order valence-corrected chi connectivity index (χ1v) is 9.55. The van der Waals surface area contributed by atoms with Gasteiger partial charge in [0.25, 0.3) is 0 Å². The molecule has 11 heteroatoms. The van der Waals surface area contributed by atoms with Crippen LogP contribution in [0.5, 0.6) is 0 Å². The Hall–Kier alpha value is -3.08. The maximum absolute atomic E-state index is 13.4. The number of amides is 1. The molecule has 0 radical (unpaired) electrons. The van der Waals surface area contributed by atoms with Crippen molar-refractivity contribution >= 4 is 5.91 Å². The molecule has 3 atom stereocenters. The van der Waals surface area contributed by atoms with Crippen LogP contribution in [0.2, 0.25) is 0 Å². The van der Waals surface area contributed by atoms with E-state index in [1.807, 2.05) is 0 Å². The third-order valence-corrected chi connectivity index (χ3v) is 5.35. The summed E-state index contributed by atoms with van der Waals surface area (Å²) in [6.07, 6.45) is -13.3. The second-order valence-electron chi connectivity index (χ2n) is 7.61. The molecule has 1 heterocycles. The van der Waals surface area contributed by atoms with Crippen molar-refractivity contribution in [1.82, 2.24) is 5.32 Å². The summed E-state index contributed by atoms with van der Waals surface area (Å²) in [4.78, 5) is 12.0. The van der Waals surface area contributed by atoms with Gasteiger partial charge in [-0.2, -0.15) is 26.3 Å². The average Bonchev–Trinajstić information content (AvgIpc) is 3.01. The zero-order valence-electron chi connectivity index (χ0n) is 17.0. The van der Waals surface area contributed by atoms with E-state index in [2.05, 4.69) is 11.9 Å². The molecule has 3 rings (SSSR count). The number of alkyl halides is 6. The Morgan fingerprint density at radius 1 is 1.09 bits per heavy atom. The van der Waals surface area contributed by atoms with Crippen LogP contribution in [0.1, 0.15) is 41.7 Å². The molecule has 1 aliphatic heterocycles. The second kappa shape index (κ2) is 8.36. The summed E-state index contributed by atoms with van der Waals surface area (Å²) >= 11 is 0. The smallest absolute Gasteiger partial charge is 0.416 e. The molecular formula is C22H18F7NO3. The van der Waals surface area contributed by atoms with Gasteiger partial charge >= 0.3 is 12.4 Å². The maximum Gasteiger partial charge on any atom is 0.416 e. The number of carbonyl (C=O) groups is 1. The average molecular weight is 477 g/mol. The predicted octanol–water partition coefficient (Wildman–Crippen LogP) is 5.23. The minimum atomic E-state index is -5.04. The van der Waals surface area contributed by atoms with Gasteiger partial charge in [-0.25, -0.2) is 4.39 Å². The van der Waals surface area contributed by atoms with Crippen molar-refractivity contribution in [2.24, 2.45) is 0 Å². The topological polar surface area (TPSA) is 58.6 Å². The van der Waals surface area contributed by atoms with E-state index < -0.39 is 58.5 Å². The Kier molecular flexibility index (Phi) is 6.22. The number of hydrogen-bond acceptors (Lipinski definition) is 3. The van der Waals surface area contributed by atoms with E-state index in [9.17, 15) is 40.6 Å². The lowest BCUT2D eigenvalue weighted by atomic mass is 9.84. The number of aliphatic hydroxyl groups is 1. The van der Waals surface area contributed by atoms with Gasteiger partial charge in [-0.15, -0.1) is 0 Å². The van der Waals surface area contributed by atoms with Gasteiger partial charge < -0.3 is 15.2 Å². The van der Waals surface area contributed by atoms with Gasteiger partial charge in [0.1, 0.15) is 23.2 Å². The molecule has 0 bridgehead atoms. The van der Waals surface area contributed by atoms with Crippen LogP contribution in [-0.2, 0) is 27.4 Å². The number of hydrogen-bond donors (Lipinski definition) is 2. The van der Waals surface area contributed by atoms with E-state index in [1.165, 1.54) is 19.1 Å². The molecule has 0 spiro atoms. The summed E-state index contributed by atoms with van der Waals surface area (Å²) in [6.45, 7) is 4.86. The lowest BCUT2D eigenvalue weighted by Crippen LogP contribution is -2.48. The highest BCUT2D eigenvalue weighted by Crippen LogP contribution is 2.42. The number of aliphatic hydroxyl groups excluding tert-OH is 1. The molecule has 2 aromatic carbocycles. The van der Waals surface area contributed by atoms with Gasteiger partial charge in [0.15, 0.2) is 0 Å². The third kappa shape index (κ3) is 4.82. The highest BCUT2D eigenvalue weighted by molar-refractivity contribution is 5.82. The zero-order valence-corrected chi connectivity index (χ0v) is 17.0. The lowest BCUT2D eigenvalue weighted by Gasteiger charge is -2.36. The van der Waals surface area contributed by atoms with Crippen molar-refractivity contribution in [3.8, 4) is 0 Å². The van der Waals surface area contributed by atoms with E-state index in [-0.39, 0.29) is 23.8 Å². The fraction of sp³-hybridized carbons (Fsp3) is 0.318. The number of ether oxygens (including phenoxy) is 1. The normalized spacial score (nSPS) is 22.1. The van der Waals surface area contributed by atoms with Crippen molar-refractivity contribution in [1.29, 1.82) is 0 Å². The van der Waals surface area contributed by atoms with E-state index >= 15 is 0 Å². The van der Waals surface area contributed by atoms with Gasteiger partial charge in [0.05, 0.1) is 23.7 Å². The first-order chi connectivity index (χ1) is 15.1. The quantitative estimate of drug-likeness (QED) is 0.458. The summed E-state index contributed by atoms with van der Waals surface area (Å²) < 4.78 is 98.0. The summed E-state index contributed by atoms with van der Waals surface area (Å²) in [5.74, 6) is -1.56. The van der Waals surface area contributed by atoms with Crippen LogP contribution in [0.3, 0.4) is 0 Å². The van der Waals surface area contributed by atoms with Crippen LogP contribution < -0.4 is 5.32 Å². The molecule has 178 valence electrons. The fourth-order valence-corrected chi connectivity index (χ4v) is 3.66. The van der Waals surface area contributed by atoms with Crippen LogP contribution >= 0.6 is 0 Å². The van der Waals surface area contributed by atoms with Crippen molar-refractivity contribution in [3.63, 3.8) is 0 Å². The standard InChI is InChI=1S/C22H18F7NO3/c1-11(13-7-15(21(24,25)26)9-16(8-13)22(27,28)29)33-12(2)20(18(31)10-19(32)30-20)14-3-5-17(23)6-4-14/h3-9,11,18,31H,2,10H2,1H3,(H,30,32)/t11-,18-,20-/m1/s1. The molecule has 0 saturated carbocycles. The highest BCUT2D eigenvalue weighted by atomic mass is 19.4. The Balaban J connectivity index is 2.00. The summed E-state index contributed by atoms with van der Waals surface area (Å²) in [5, 5.41) is 13.1. The van der Waals surface area contributed by atoms with Gasteiger partial charge in [-0.3, -0.25) is 4.79 Å². The monoisotopic (exact) mass is 477 g/mol. The van der Waals surface area contributed by atoms with Crippen molar-refractivity contribution < 1.29 is 45.4 Å². The first kappa shape index (κ1) is 24.6. The van der Waals surface area contributed by atoms with Gasteiger partial charge in [-0.1, -0.05) is 18.7 Å². The predicted molar refractivity (Wildman–Crippen MR) is 102 cm³/mol. The lowest BCUT2D eigenvalue weighted by molar-refractivity contribution is -0.143. The van der Waals surface area contributed by atoms with E-state index in [0.29, 0.717) is 12.1 Å². The van der Waals surface area contributed by atoms with E-state index in [0.717, 1.165) is 12.1 Å². The Bertz CT molecular complexity index is 1030. The van der Waals surface area contributed by atoms with Crippen LogP contribution in [0.15, 0.2) is 54.8 Å². The Morgan fingerprint density at radius 3 is 2.03 bits per heavy atom. The fourth-order valence-electron chi connectivity index (χ4n) is 3.66. The minimum Gasteiger partial charge on any atom is -0.488 e. The molecule has 1 aliphatic rings. The minimum absolute atomic E-state index is 0.00794. The van der Waals surface area contributed by atoms with Gasteiger partial charge in [0, 0.05) is 0 Å². The number of rotatable bonds is 5. The Labute approximate surface area is 183 Å². The highest BCUT2D eigenvalue weighted by Gasteiger charge is 2.51. The molecule has 2 N–H and O–H groups in total. The van der Waals surface area contributed by atoms with Crippen LogP contribution in [0, 0.1) is 5.82 Å². The van der Waals surface area contributed by atoms with Crippen LogP contribution in [0.25, 0.3) is 0 Å². The first-order valence-electron chi connectivity index (χ1n) is 9.55. The number of benzene rings is 2. The maximum atomic E-state index is 13.4. The number of nitrogens with one attached hydrogen (secondary N) is 1. The molecule has 4 nitrogen and oxygen atoms in total. The second-order valence-corrected chi connectivity index (χ2v) is 7.61. The zero-order chi connectivity index (χ0) is 24.8. The number of carbonyl (C=O) groups excluding carboxylic acids is 1. The van der Waals surface area contributed by atoms with Crippen molar-refractivity contribution in [2.45, 2.75) is 43.4 Å². The van der Waals surface area contributed by atoms with Crippen molar-refractivity contribution in [2.75, 3.05) is 0 Å². The molecule has 1 saturated heterocycles. The molecule has 2 aromatic rings. The molecule has 1 amide bonds. The van der Waals surface area contributed by atoms with Crippen LogP contribution in [-0.4, -0.2) is 17.1 Å². The largest absolute Gasteiger partial charge is 0.488 e. The third-order valence-electron chi connectivity index (χ3n) is 5.35. The summed E-state index contributed by atoms with van der Waals surface area (Å²) in [5.41, 5.74) is -5.11. The molecular weight excluding hydrogens is 459 g/mol. The number of halogens is 7. The molecule has 33 heavy (non-hydrogen) atoms. The molecule has 0 aromatic heterocycles. The molecule has 0 aliphatic carbocycles. The van der Waals surface area contributed by atoms with Gasteiger partial charge in [-0.05, 0) is 48.4 Å². The molecule has 0 unspecified atom stereocenters. The van der Waals surface area contributed by atoms with Gasteiger partial charge in [0.2, 0.25) is 5.91 Å². The van der Waals surface area contributed by atoms with Crippen LogP contribution in [0.4, 0.5) is 30.7 Å².